The normalized spacial score (nSPS) is 15.9. The summed E-state index contributed by atoms with van der Waals surface area (Å²) >= 11 is 0. The second-order valence-corrected chi connectivity index (χ2v) is 7.83. The maximum Gasteiger partial charge on any atom is 0.416 e. The number of halogens is 3. The Bertz CT molecular complexity index is 736. The first-order valence-electron chi connectivity index (χ1n) is 9.48. The molecule has 1 aromatic carbocycles. The minimum absolute atomic E-state index is 0.0696. The third kappa shape index (κ3) is 6.62. The van der Waals surface area contributed by atoms with Gasteiger partial charge in [0.15, 0.2) is 0 Å². The molecule has 1 saturated heterocycles. The van der Waals surface area contributed by atoms with Crippen molar-refractivity contribution >= 4 is 12.1 Å². The van der Waals surface area contributed by atoms with Crippen LogP contribution in [0.2, 0.25) is 0 Å². The van der Waals surface area contributed by atoms with E-state index in [1.54, 1.807) is 32.6 Å². The van der Waals surface area contributed by atoms with Crippen molar-refractivity contribution in [3.63, 3.8) is 0 Å². The van der Waals surface area contributed by atoms with E-state index in [4.69, 9.17) is 9.47 Å². The van der Waals surface area contributed by atoms with Crippen LogP contribution in [0.3, 0.4) is 0 Å². The third-order valence-electron chi connectivity index (χ3n) is 4.34. The Kier molecular flexibility index (Phi) is 7.15. The molecule has 9 heteroatoms. The van der Waals surface area contributed by atoms with Crippen LogP contribution in [-0.2, 0) is 22.2 Å². The van der Waals surface area contributed by atoms with Gasteiger partial charge in [0, 0.05) is 32.7 Å². The van der Waals surface area contributed by atoms with Gasteiger partial charge in [0.1, 0.15) is 5.60 Å². The fourth-order valence-corrected chi connectivity index (χ4v) is 2.98. The van der Waals surface area contributed by atoms with Crippen LogP contribution in [0.4, 0.5) is 18.0 Å². The number of alkyl halides is 3. The minimum Gasteiger partial charge on any atom is -0.462 e. The monoisotopic (exact) mass is 416 g/mol. The number of hydrogen-bond donors (Lipinski definition) is 0. The Morgan fingerprint density at radius 1 is 1.07 bits per heavy atom. The van der Waals surface area contributed by atoms with E-state index in [0.717, 1.165) is 6.07 Å². The number of rotatable bonds is 4. The van der Waals surface area contributed by atoms with Crippen molar-refractivity contribution in [1.82, 2.24) is 9.80 Å². The number of carbonyl (C=O) groups is 2. The van der Waals surface area contributed by atoms with Crippen LogP contribution < -0.4 is 0 Å². The molecule has 0 atom stereocenters. The first-order valence-corrected chi connectivity index (χ1v) is 9.48. The Hall–Kier alpha value is -2.29. The van der Waals surface area contributed by atoms with Crippen LogP contribution in [0.15, 0.2) is 18.2 Å². The summed E-state index contributed by atoms with van der Waals surface area (Å²) in [5, 5.41) is 0. The molecule has 0 radical (unpaired) electrons. The second kappa shape index (κ2) is 9.02. The summed E-state index contributed by atoms with van der Waals surface area (Å²) in [6.45, 7) is 8.68. The van der Waals surface area contributed by atoms with E-state index >= 15 is 0 Å². The molecule has 29 heavy (non-hydrogen) atoms. The fraction of sp³-hybridized carbons (Fsp3) is 0.600. The van der Waals surface area contributed by atoms with Crippen molar-refractivity contribution in [2.45, 2.75) is 46.0 Å². The summed E-state index contributed by atoms with van der Waals surface area (Å²) in [4.78, 5) is 27.3. The first-order chi connectivity index (χ1) is 13.4. The zero-order valence-corrected chi connectivity index (χ0v) is 17.1. The van der Waals surface area contributed by atoms with Crippen LogP contribution >= 0.6 is 0 Å². The van der Waals surface area contributed by atoms with Crippen LogP contribution in [0.5, 0.6) is 0 Å². The predicted molar refractivity (Wildman–Crippen MR) is 100 cm³/mol. The van der Waals surface area contributed by atoms with Crippen molar-refractivity contribution in [3.05, 3.63) is 34.9 Å². The molecule has 1 aliphatic heterocycles. The van der Waals surface area contributed by atoms with Gasteiger partial charge in [-0.3, -0.25) is 4.90 Å². The number of benzene rings is 1. The largest absolute Gasteiger partial charge is 0.462 e. The molecule has 0 bridgehead atoms. The van der Waals surface area contributed by atoms with Crippen molar-refractivity contribution in [1.29, 1.82) is 0 Å². The lowest BCUT2D eigenvalue weighted by atomic mass is 10.0. The van der Waals surface area contributed by atoms with Crippen molar-refractivity contribution in [2.24, 2.45) is 0 Å². The van der Waals surface area contributed by atoms with E-state index < -0.39 is 29.4 Å². The molecule has 0 spiro atoms. The molecule has 0 unspecified atom stereocenters. The van der Waals surface area contributed by atoms with Gasteiger partial charge >= 0.3 is 18.2 Å². The molecular formula is C20H27F3N2O4. The van der Waals surface area contributed by atoms with Crippen LogP contribution in [-0.4, -0.2) is 60.2 Å². The van der Waals surface area contributed by atoms with E-state index in [1.165, 1.54) is 12.1 Å². The van der Waals surface area contributed by atoms with Crippen LogP contribution in [0.25, 0.3) is 0 Å². The van der Waals surface area contributed by atoms with Gasteiger partial charge in [-0.25, -0.2) is 9.59 Å². The second-order valence-electron chi connectivity index (χ2n) is 7.83. The number of esters is 1. The number of ether oxygens (including phenoxy) is 2. The lowest BCUT2D eigenvalue weighted by Gasteiger charge is -2.35. The van der Waals surface area contributed by atoms with E-state index in [1.807, 2.05) is 4.90 Å². The summed E-state index contributed by atoms with van der Waals surface area (Å²) in [6.07, 6.45) is -5.01. The lowest BCUT2D eigenvalue weighted by Crippen LogP contribution is -2.49. The van der Waals surface area contributed by atoms with Gasteiger partial charge < -0.3 is 14.4 Å². The van der Waals surface area contributed by atoms with Gasteiger partial charge in [0.2, 0.25) is 0 Å². The number of amides is 1. The molecule has 6 nitrogen and oxygen atoms in total. The van der Waals surface area contributed by atoms with Crippen molar-refractivity contribution < 1.29 is 32.2 Å². The fourth-order valence-electron chi connectivity index (χ4n) is 2.98. The SMILES string of the molecule is CCOC(=O)c1ccc(CN2CCN(C(=O)OC(C)(C)C)CC2)c(C(F)(F)F)c1. The average Bonchev–Trinajstić information content (AvgIpc) is 2.60. The molecule has 0 N–H and O–H groups in total. The molecule has 1 amide bonds. The van der Waals surface area contributed by atoms with Gasteiger partial charge in [-0.1, -0.05) is 6.07 Å². The molecule has 162 valence electrons. The average molecular weight is 416 g/mol. The minimum atomic E-state index is -4.59. The van der Waals surface area contributed by atoms with Crippen LogP contribution in [0, 0.1) is 0 Å². The van der Waals surface area contributed by atoms with Gasteiger partial charge in [0.25, 0.3) is 0 Å². The van der Waals surface area contributed by atoms with E-state index in [-0.39, 0.29) is 24.3 Å². The highest BCUT2D eigenvalue weighted by Gasteiger charge is 2.35. The van der Waals surface area contributed by atoms with E-state index in [2.05, 4.69) is 0 Å². The summed E-state index contributed by atoms with van der Waals surface area (Å²) in [6, 6.07) is 3.50. The molecule has 1 heterocycles. The van der Waals surface area contributed by atoms with Gasteiger partial charge in [-0.15, -0.1) is 0 Å². The maximum atomic E-state index is 13.5. The highest BCUT2D eigenvalue weighted by molar-refractivity contribution is 5.89. The Morgan fingerprint density at radius 2 is 1.69 bits per heavy atom. The lowest BCUT2D eigenvalue weighted by molar-refractivity contribution is -0.138. The van der Waals surface area contributed by atoms with Crippen molar-refractivity contribution in [3.8, 4) is 0 Å². The highest BCUT2D eigenvalue weighted by atomic mass is 19.4. The van der Waals surface area contributed by atoms with Gasteiger partial charge in [0.05, 0.1) is 17.7 Å². The smallest absolute Gasteiger partial charge is 0.416 e. The zero-order valence-electron chi connectivity index (χ0n) is 17.1. The Morgan fingerprint density at radius 3 is 2.21 bits per heavy atom. The number of piperazine rings is 1. The Balaban J connectivity index is 2.07. The topological polar surface area (TPSA) is 59.1 Å². The summed E-state index contributed by atoms with van der Waals surface area (Å²) < 4.78 is 50.7. The molecule has 0 aromatic heterocycles. The molecule has 1 fully saturated rings. The summed E-state index contributed by atoms with van der Waals surface area (Å²) in [5.41, 5.74) is -1.50. The number of nitrogens with zero attached hydrogens (tertiary/aromatic N) is 2. The maximum absolute atomic E-state index is 13.5. The quantitative estimate of drug-likeness (QED) is 0.696. The number of hydrogen-bond acceptors (Lipinski definition) is 5. The van der Waals surface area contributed by atoms with E-state index in [9.17, 15) is 22.8 Å². The van der Waals surface area contributed by atoms with E-state index in [0.29, 0.717) is 26.2 Å². The standard InChI is InChI=1S/C20H27F3N2O4/c1-5-28-17(26)14-6-7-15(16(12-14)20(21,22)23)13-24-8-10-25(11-9-24)18(27)29-19(2,3)4/h6-7,12H,5,8-11,13H2,1-4H3. The highest BCUT2D eigenvalue weighted by Crippen LogP contribution is 2.33. The molecule has 1 aliphatic rings. The molecule has 0 aliphatic carbocycles. The first kappa shape index (κ1) is 23.0. The zero-order chi connectivity index (χ0) is 21.8. The summed E-state index contributed by atoms with van der Waals surface area (Å²) in [5.74, 6) is -0.782. The molecule has 1 aromatic rings. The molecule has 0 saturated carbocycles. The van der Waals surface area contributed by atoms with Crippen molar-refractivity contribution in [2.75, 3.05) is 32.8 Å². The number of carbonyl (C=O) groups excluding carboxylic acids is 2. The predicted octanol–water partition coefficient (Wildman–Crippen LogP) is 3.93. The Labute approximate surface area is 168 Å². The van der Waals surface area contributed by atoms with Gasteiger partial charge in [-0.05, 0) is 45.4 Å². The molecule has 2 rings (SSSR count). The van der Waals surface area contributed by atoms with Crippen LogP contribution in [0.1, 0.15) is 49.2 Å². The van der Waals surface area contributed by atoms with Gasteiger partial charge in [-0.2, -0.15) is 13.2 Å². The third-order valence-corrected chi connectivity index (χ3v) is 4.34. The summed E-state index contributed by atoms with van der Waals surface area (Å²) in [7, 11) is 0. The molecular weight excluding hydrogens is 389 g/mol.